The molecule has 0 aliphatic heterocycles. The predicted molar refractivity (Wildman–Crippen MR) is 115 cm³/mol. The van der Waals surface area contributed by atoms with Gasteiger partial charge in [0.15, 0.2) is 0 Å². The summed E-state index contributed by atoms with van der Waals surface area (Å²) in [7, 11) is 0. The minimum atomic E-state index is -0.378. The number of unbranched alkanes of at least 4 members (excludes halogenated alkanes) is 5. The maximum Gasteiger partial charge on any atom is 0.136 e. The molecule has 1 aromatic carbocycles. The number of allylic oxidation sites excluding steroid dienone is 1. The second-order valence-corrected chi connectivity index (χ2v) is 8.42. The van der Waals surface area contributed by atoms with E-state index in [4.69, 9.17) is 5.11 Å². The third-order valence-electron chi connectivity index (χ3n) is 6.16. The third-order valence-corrected chi connectivity index (χ3v) is 6.16. The highest BCUT2D eigenvalue weighted by molar-refractivity contribution is 5.84. The summed E-state index contributed by atoms with van der Waals surface area (Å²) in [6.07, 6.45) is 11.3. The molecule has 3 nitrogen and oxygen atoms in total. The molecular formula is C25H38O3. The van der Waals surface area contributed by atoms with Gasteiger partial charge >= 0.3 is 0 Å². The molecule has 1 saturated carbocycles. The van der Waals surface area contributed by atoms with Crippen LogP contribution in [-0.2, 0) is 4.79 Å². The fraction of sp³-hybridized carbons (Fsp3) is 0.640. The Morgan fingerprint density at radius 3 is 2.50 bits per heavy atom. The lowest BCUT2D eigenvalue weighted by Gasteiger charge is -2.20. The number of carbonyl (C=O) groups excluding carboxylic acids is 1. The molecule has 0 radical (unpaired) electrons. The van der Waals surface area contributed by atoms with Gasteiger partial charge in [-0.15, -0.1) is 0 Å². The van der Waals surface area contributed by atoms with Gasteiger partial charge in [0.1, 0.15) is 5.78 Å². The Morgan fingerprint density at radius 2 is 1.82 bits per heavy atom. The van der Waals surface area contributed by atoms with Crippen LogP contribution >= 0.6 is 0 Å². The quantitative estimate of drug-likeness (QED) is 0.290. The Morgan fingerprint density at radius 1 is 1.11 bits per heavy atom. The molecule has 3 heteroatoms. The summed E-state index contributed by atoms with van der Waals surface area (Å²) in [5, 5.41) is 19.5. The van der Waals surface area contributed by atoms with Crippen molar-refractivity contribution in [3.05, 3.63) is 47.7 Å². The van der Waals surface area contributed by atoms with Crippen LogP contribution in [-0.4, -0.2) is 16.0 Å². The zero-order chi connectivity index (χ0) is 20.4. The summed E-state index contributed by atoms with van der Waals surface area (Å²) in [4.78, 5) is 12.4. The van der Waals surface area contributed by atoms with Gasteiger partial charge in [-0.3, -0.25) is 4.79 Å². The summed E-state index contributed by atoms with van der Waals surface area (Å²) < 4.78 is 0. The lowest BCUT2D eigenvalue weighted by molar-refractivity contribution is -0.121. The van der Waals surface area contributed by atoms with Crippen LogP contribution in [0, 0.1) is 5.92 Å². The number of ketones is 1. The highest BCUT2D eigenvalue weighted by Gasteiger charge is 2.34. The summed E-state index contributed by atoms with van der Waals surface area (Å²) in [6, 6.07) is 8.35. The summed E-state index contributed by atoms with van der Waals surface area (Å²) in [5.74, 6) is 1.16. The van der Waals surface area contributed by atoms with E-state index < -0.39 is 0 Å². The Balaban J connectivity index is 1.84. The first-order valence-electron chi connectivity index (χ1n) is 11.2. The summed E-state index contributed by atoms with van der Waals surface area (Å²) in [5.41, 5.74) is 2.24. The fourth-order valence-corrected chi connectivity index (χ4v) is 4.44. The molecule has 1 aliphatic rings. The molecule has 0 bridgehead atoms. The van der Waals surface area contributed by atoms with Gasteiger partial charge in [-0.25, -0.2) is 0 Å². The molecule has 0 saturated heterocycles. The molecule has 2 rings (SSSR count). The molecule has 1 aliphatic carbocycles. The highest BCUT2D eigenvalue weighted by Crippen LogP contribution is 2.40. The van der Waals surface area contributed by atoms with Gasteiger partial charge in [-0.05, 0) is 42.7 Å². The van der Waals surface area contributed by atoms with Crippen molar-refractivity contribution in [2.45, 2.75) is 96.0 Å². The van der Waals surface area contributed by atoms with Crippen molar-refractivity contribution in [3.63, 3.8) is 0 Å². The topological polar surface area (TPSA) is 57.5 Å². The molecule has 156 valence electrons. The summed E-state index contributed by atoms with van der Waals surface area (Å²) in [6.45, 7) is 5.69. The zero-order valence-electron chi connectivity index (χ0n) is 17.5. The van der Waals surface area contributed by atoms with E-state index in [0.29, 0.717) is 24.5 Å². The van der Waals surface area contributed by atoms with Gasteiger partial charge in [-0.2, -0.15) is 0 Å². The fourth-order valence-electron chi connectivity index (χ4n) is 4.44. The monoisotopic (exact) mass is 386 g/mol. The molecule has 0 spiro atoms. The number of hydrogen-bond acceptors (Lipinski definition) is 3. The Bertz CT molecular complexity index is 605. The van der Waals surface area contributed by atoms with Crippen LogP contribution in [0.25, 0.3) is 0 Å². The van der Waals surface area contributed by atoms with E-state index in [0.717, 1.165) is 63.4 Å². The van der Waals surface area contributed by atoms with Crippen molar-refractivity contribution < 1.29 is 15.0 Å². The van der Waals surface area contributed by atoms with E-state index in [1.54, 1.807) is 0 Å². The first-order chi connectivity index (χ1) is 13.5. The van der Waals surface area contributed by atoms with E-state index in [-0.39, 0.29) is 17.8 Å². The van der Waals surface area contributed by atoms with Crippen molar-refractivity contribution in [2.75, 3.05) is 0 Å². The van der Waals surface area contributed by atoms with Gasteiger partial charge in [0.05, 0.1) is 11.9 Å². The van der Waals surface area contributed by atoms with E-state index in [9.17, 15) is 9.90 Å². The van der Waals surface area contributed by atoms with Crippen molar-refractivity contribution in [1.29, 1.82) is 0 Å². The van der Waals surface area contributed by atoms with Crippen LogP contribution in [0.15, 0.2) is 36.6 Å². The number of aliphatic hydroxyl groups excluding tert-OH is 2. The Labute approximate surface area is 170 Å². The smallest absolute Gasteiger partial charge is 0.136 e. The van der Waals surface area contributed by atoms with Gasteiger partial charge in [0, 0.05) is 18.8 Å². The van der Waals surface area contributed by atoms with Gasteiger partial charge in [0.2, 0.25) is 0 Å². The molecule has 2 N–H and O–H groups in total. The van der Waals surface area contributed by atoms with Gasteiger partial charge in [-0.1, -0.05) is 76.3 Å². The number of rotatable bonds is 13. The van der Waals surface area contributed by atoms with Crippen LogP contribution in [0.1, 0.15) is 107 Å². The molecule has 0 aromatic heterocycles. The highest BCUT2D eigenvalue weighted by atomic mass is 16.3. The second kappa shape index (κ2) is 12.1. The van der Waals surface area contributed by atoms with Crippen LogP contribution in [0.2, 0.25) is 0 Å². The molecule has 28 heavy (non-hydrogen) atoms. The molecule has 1 aromatic rings. The second-order valence-electron chi connectivity index (χ2n) is 8.42. The normalized spacial score (nSPS) is 20.4. The molecular weight excluding hydrogens is 348 g/mol. The molecule has 1 fully saturated rings. The Hall–Kier alpha value is -1.61. The molecule has 0 heterocycles. The largest absolute Gasteiger partial charge is 0.513 e. The number of hydrogen-bond donors (Lipinski definition) is 2. The van der Waals surface area contributed by atoms with Gasteiger partial charge in [0.25, 0.3) is 0 Å². The number of aliphatic hydroxyl groups is 2. The SMILES string of the molecule is C=C(O)CCCCCC[C@H]1C(=O)CC[C@@H]1c1ccc([C@@H](O)CCCCC)cc1. The minimum absolute atomic E-state index is 0.146. The number of carbonyl (C=O) groups is 1. The molecule has 3 atom stereocenters. The van der Waals surface area contributed by atoms with E-state index in [2.05, 4.69) is 25.6 Å². The first kappa shape index (κ1) is 22.7. The maximum atomic E-state index is 12.4. The molecule has 0 unspecified atom stereocenters. The van der Waals surface area contributed by atoms with Crippen molar-refractivity contribution in [3.8, 4) is 0 Å². The Kier molecular flexibility index (Phi) is 9.77. The number of benzene rings is 1. The van der Waals surface area contributed by atoms with Gasteiger partial charge < -0.3 is 10.2 Å². The van der Waals surface area contributed by atoms with Crippen LogP contribution in [0.5, 0.6) is 0 Å². The maximum absolute atomic E-state index is 12.4. The zero-order valence-corrected chi connectivity index (χ0v) is 17.5. The minimum Gasteiger partial charge on any atom is -0.513 e. The first-order valence-corrected chi connectivity index (χ1v) is 11.2. The van der Waals surface area contributed by atoms with Crippen molar-refractivity contribution in [1.82, 2.24) is 0 Å². The van der Waals surface area contributed by atoms with Crippen LogP contribution < -0.4 is 0 Å². The average Bonchev–Trinajstić information content (AvgIpc) is 3.05. The third kappa shape index (κ3) is 7.09. The lowest BCUT2D eigenvalue weighted by atomic mass is 9.84. The lowest BCUT2D eigenvalue weighted by Crippen LogP contribution is -2.13. The van der Waals surface area contributed by atoms with Crippen LogP contribution in [0.3, 0.4) is 0 Å². The van der Waals surface area contributed by atoms with E-state index >= 15 is 0 Å². The summed E-state index contributed by atoms with van der Waals surface area (Å²) >= 11 is 0. The van der Waals surface area contributed by atoms with Crippen molar-refractivity contribution >= 4 is 5.78 Å². The molecule has 0 amide bonds. The number of Topliss-reactive ketones (excluding diaryl/α,β-unsaturated/α-hetero) is 1. The van der Waals surface area contributed by atoms with E-state index in [1.807, 2.05) is 12.1 Å². The van der Waals surface area contributed by atoms with Crippen LogP contribution in [0.4, 0.5) is 0 Å². The standard InChI is InChI=1S/C25H38O3/c1-3-4-7-12-24(27)21-15-13-20(14-16-21)22-17-18-25(28)23(22)11-9-6-5-8-10-19(2)26/h13-16,22-24,26-27H,2-12,17-18H2,1H3/t22-,23-,24+/m1/s1. The predicted octanol–water partition coefficient (Wildman–Crippen LogP) is 6.78. The van der Waals surface area contributed by atoms with E-state index in [1.165, 1.54) is 12.0 Å². The van der Waals surface area contributed by atoms with Crippen molar-refractivity contribution in [2.24, 2.45) is 5.92 Å². The average molecular weight is 387 g/mol.